The molecule has 1 atom stereocenters. The van der Waals surface area contributed by atoms with Crippen LogP contribution in [0.25, 0.3) is 0 Å². The molecule has 0 bridgehead atoms. The van der Waals surface area contributed by atoms with Gasteiger partial charge in [-0.1, -0.05) is 30.1 Å². The lowest BCUT2D eigenvalue weighted by Crippen LogP contribution is -2.15. The minimum absolute atomic E-state index is 0.0652. The van der Waals surface area contributed by atoms with Gasteiger partial charge in [-0.3, -0.25) is 0 Å². The molecule has 0 radical (unpaired) electrons. The summed E-state index contributed by atoms with van der Waals surface area (Å²) in [5, 5.41) is 3.59. The molecule has 1 aromatic rings. The highest BCUT2D eigenvalue weighted by atomic mass is 35.5. The molecule has 78 valence electrons. The lowest BCUT2D eigenvalue weighted by Gasteiger charge is -2.13. The summed E-state index contributed by atoms with van der Waals surface area (Å²) < 4.78 is 13.1. The number of hydrogen-bond acceptors (Lipinski definition) is 1. The molecule has 1 unspecified atom stereocenters. The normalized spacial score (nSPS) is 12.9. The summed E-state index contributed by atoms with van der Waals surface area (Å²) in [6.07, 6.45) is 0. The van der Waals surface area contributed by atoms with Crippen molar-refractivity contribution in [1.82, 2.24) is 5.32 Å². The standard InChI is InChI=1S/C10H12Cl2FN/c1-6(5-14-2)7-3-10(13)9(12)4-8(7)11/h3-4,6,14H,5H2,1-2H3. The molecular formula is C10H12Cl2FN. The first-order valence-electron chi connectivity index (χ1n) is 4.35. The van der Waals surface area contributed by atoms with Gasteiger partial charge >= 0.3 is 0 Å². The number of nitrogens with one attached hydrogen (secondary N) is 1. The van der Waals surface area contributed by atoms with Crippen LogP contribution in [-0.2, 0) is 0 Å². The van der Waals surface area contributed by atoms with E-state index < -0.39 is 5.82 Å². The number of rotatable bonds is 3. The van der Waals surface area contributed by atoms with E-state index >= 15 is 0 Å². The number of hydrogen-bond donors (Lipinski definition) is 1. The van der Waals surface area contributed by atoms with Crippen LogP contribution in [0.4, 0.5) is 4.39 Å². The fourth-order valence-corrected chi connectivity index (χ4v) is 1.90. The third-order valence-corrected chi connectivity index (χ3v) is 2.70. The summed E-state index contributed by atoms with van der Waals surface area (Å²) in [5.74, 6) is -0.256. The molecule has 0 saturated heterocycles. The van der Waals surface area contributed by atoms with Crippen LogP contribution in [0.2, 0.25) is 10.0 Å². The quantitative estimate of drug-likeness (QED) is 0.792. The Morgan fingerprint density at radius 1 is 1.36 bits per heavy atom. The van der Waals surface area contributed by atoms with Crippen LogP contribution in [0.5, 0.6) is 0 Å². The lowest BCUT2D eigenvalue weighted by molar-refractivity contribution is 0.617. The minimum Gasteiger partial charge on any atom is -0.319 e. The van der Waals surface area contributed by atoms with Gasteiger partial charge in [-0.15, -0.1) is 0 Å². The monoisotopic (exact) mass is 235 g/mol. The molecule has 0 aliphatic rings. The molecule has 1 rings (SSSR count). The Labute approximate surface area is 93.2 Å². The molecular weight excluding hydrogens is 224 g/mol. The van der Waals surface area contributed by atoms with Crippen molar-refractivity contribution in [2.75, 3.05) is 13.6 Å². The van der Waals surface area contributed by atoms with Gasteiger partial charge in [0.15, 0.2) is 0 Å². The highest BCUT2D eigenvalue weighted by molar-refractivity contribution is 6.35. The van der Waals surface area contributed by atoms with Crippen molar-refractivity contribution in [2.24, 2.45) is 0 Å². The van der Waals surface area contributed by atoms with E-state index in [1.807, 2.05) is 14.0 Å². The third-order valence-electron chi connectivity index (χ3n) is 2.08. The average molecular weight is 236 g/mol. The van der Waals surface area contributed by atoms with Crippen molar-refractivity contribution in [1.29, 1.82) is 0 Å². The first kappa shape index (κ1) is 11.8. The molecule has 0 heterocycles. The fourth-order valence-electron chi connectivity index (χ4n) is 1.33. The minimum atomic E-state index is -0.422. The number of benzene rings is 1. The Balaban J connectivity index is 3.02. The first-order chi connectivity index (χ1) is 6.56. The van der Waals surface area contributed by atoms with Crippen molar-refractivity contribution in [2.45, 2.75) is 12.8 Å². The molecule has 14 heavy (non-hydrogen) atoms. The second kappa shape index (κ2) is 4.96. The Kier molecular flexibility index (Phi) is 4.17. The zero-order valence-corrected chi connectivity index (χ0v) is 9.58. The van der Waals surface area contributed by atoms with Crippen LogP contribution in [0, 0.1) is 5.82 Å². The maximum absolute atomic E-state index is 13.1. The highest BCUT2D eigenvalue weighted by Gasteiger charge is 2.12. The zero-order chi connectivity index (χ0) is 10.7. The van der Waals surface area contributed by atoms with E-state index in [2.05, 4.69) is 5.32 Å². The van der Waals surface area contributed by atoms with Gasteiger partial charge in [0.25, 0.3) is 0 Å². The van der Waals surface area contributed by atoms with E-state index in [1.165, 1.54) is 12.1 Å². The van der Waals surface area contributed by atoms with Crippen molar-refractivity contribution < 1.29 is 4.39 Å². The van der Waals surface area contributed by atoms with E-state index in [1.54, 1.807) is 0 Å². The van der Waals surface area contributed by atoms with Gasteiger partial charge in [-0.25, -0.2) is 4.39 Å². The Hall–Kier alpha value is -0.310. The van der Waals surface area contributed by atoms with E-state index in [4.69, 9.17) is 23.2 Å². The summed E-state index contributed by atoms with van der Waals surface area (Å²) in [6.45, 7) is 2.73. The highest BCUT2D eigenvalue weighted by Crippen LogP contribution is 2.29. The topological polar surface area (TPSA) is 12.0 Å². The summed E-state index contributed by atoms with van der Waals surface area (Å²) in [5.41, 5.74) is 0.780. The molecule has 4 heteroatoms. The molecule has 0 fully saturated rings. The van der Waals surface area contributed by atoms with Crippen LogP contribution in [0.1, 0.15) is 18.4 Å². The van der Waals surface area contributed by atoms with Crippen LogP contribution in [0.3, 0.4) is 0 Å². The van der Waals surface area contributed by atoms with Crippen molar-refractivity contribution in [3.05, 3.63) is 33.6 Å². The van der Waals surface area contributed by atoms with Gasteiger partial charge in [0.05, 0.1) is 5.02 Å². The van der Waals surface area contributed by atoms with Crippen LogP contribution < -0.4 is 5.32 Å². The van der Waals surface area contributed by atoms with Gasteiger partial charge in [0.2, 0.25) is 0 Å². The third kappa shape index (κ3) is 2.59. The van der Waals surface area contributed by atoms with Crippen molar-refractivity contribution in [3.63, 3.8) is 0 Å². The molecule has 1 aromatic carbocycles. The summed E-state index contributed by atoms with van der Waals surface area (Å²) in [4.78, 5) is 0. The van der Waals surface area contributed by atoms with Crippen LogP contribution in [0.15, 0.2) is 12.1 Å². The van der Waals surface area contributed by atoms with Gasteiger partial charge in [0, 0.05) is 11.6 Å². The van der Waals surface area contributed by atoms with Gasteiger partial charge in [-0.05, 0) is 30.7 Å². The molecule has 0 spiro atoms. The molecule has 0 aliphatic heterocycles. The molecule has 0 saturated carbocycles. The van der Waals surface area contributed by atoms with Crippen molar-refractivity contribution in [3.8, 4) is 0 Å². The molecule has 0 aliphatic carbocycles. The maximum atomic E-state index is 13.1. The molecule has 0 aromatic heterocycles. The average Bonchev–Trinajstić information content (AvgIpc) is 2.11. The van der Waals surface area contributed by atoms with E-state index in [9.17, 15) is 4.39 Å². The second-order valence-corrected chi connectivity index (χ2v) is 4.06. The van der Waals surface area contributed by atoms with Gasteiger partial charge < -0.3 is 5.32 Å². The number of halogens is 3. The van der Waals surface area contributed by atoms with Gasteiger partial charge in [0.1, 0.15) is 5.82 Å². The zero-order valence-electron chi connectivity index (χ0n) is 8.07. The molecule has 0 amide bonds. The Morgan fingerprint density at radius 3 is 2.57 bits per heavy atom. The molecule has 1 N–H and O–H groups in total. The second-order valence-electron chi connectivity index (χ2n) is 3.25. The smallest absolute Gasteiger partial charge is 0.142 e. The van der Waals surface area contributed by atoms with E-state index in [0.717, 1.165) is 12.1 Å². The summed E-state index contributed by atoms with van der Waals surface area (Å²) in [6, 6.07) is 2.84. The Bertz CT molecular complexity index is 328. The van der Waals surface area contributed by atoms with E-state index in [-0.39, 0.29) is 10.9 Å². The van der Waals surface area contributed by atoms with Crippen LogP contribution in [-0.4, -0.2) is 13.6 Å². The van der Waals surface area contributed by atoms with Gasteiger partial charge in [-0.2, -0.15) is 0 Å². The number of likely N-dealkylation sites (N-methyl/N-ethyl adjacent to an activating group) is 1. The predicted octanol–water partition coefficient (Wildman–Crippen LogP) is 3.46. The summed E-state index contributed by atoms with van der Waals surface area (Å²) in [7, 11) is 1.84. The van der Waals surface area contributed by atoms with Crippen LogP contribution >= 0.6 is 23.2 Å². The fraction of sp³-hybridized carbons (Fsp3) is 0.400. The largest absolute Gasteiger partial charge is 0.319 e. The summed E-state index contributed by atoms with van der Waals surface area (Å²) >= 11 is 11.5. The predicted molar refractivity (Wildman–Crippen MR) is 58.8 cm³/mol. The first-order valence-corrected chi connectivity index (χ1v) is 5.11. The SMILES string of the molecule is CNCC(C)c1cc(F)c(Cl)cc1Cl. The lowest BCUT2D eigenvalue weighted by atomic mass is 10.0. The van der Waals surface area contributed by atoms with Crippen molar-refractivity contribution >= 4 is 23.2 Å². The maximum Gasteiger partial charge on any atom is 0.142 e. The molecule has 1 nitrogen and oxygen atoms in total. The Morgan fingerprint density at radius 2 is 2.00 bits per heavy atom. The van der Waals surface area contributed by atoms with E-state index in [0.29, 0.717) is 5.02 Å².